The standard InChI is InChI=1S/C24H25N5O5/c1-2-3-4-5-15-6-8-16(9-7-15)10-13-19(30)17-11-12-18(22(31)32)20-21(17)34-24(25,14-33-20)23-26-28-29-27-23/h6-13H,2-5,14,25H2,1H3,(H,31,32)(H,26,27,28,29). The number of carbonyl (C=O) groups is 2. The van der Waals surface area contributed by atoms with E-state index in [4.69, 9.17) is 15.2 Å². The van der Waals surface area contributed by atoms with Gasteiger partial charge in [-0.3, -0.25) is 10.5 Å². The van der Waals surface area contributed by atoms with E-state index in [1.54, 1.807) is 6.08 Å². The van der Waals surface area contributed by atoms with Gasteiger partial charge in [-0.05, 0) is 47.4 Å². The molecule has 0 fully saturated rings. The van der Waals surface area contributed by atoms with E-state index < -0.39 is 17.5 Å². The van der Waals surface area contributed by atoms with Gasteiger partial charge in [-0.1, -0.05) is 50.1 Å². The second-order valence-corrected chi connectivity index (χ2v) is 8.04. The normalized spacial score (nSPS) is 17.1. The smallest absolute Gasteiger partial charge is 0.339 e. The first-order chi connectivity index (χ1) is 16.4. The number of aromatic carboxylic acids is 1. The Hall–Kier alpha value is -4.05. The third-order valence-corrected chi connectivity index (χ3v) is 5.52. The quantitative estimate of drug-likeness (QED) is 0.247. The number of aryl methyl sites for hydroxylation is 1. The number of hydrogen-bond donors (Lipinski definition) is 3. The Morgan fingerprint density at radius 1 is 1.15 bits per heavy atom. The summed E-state index contributed by atoms with van der Waals surface area (Å²) in [7, 11) is 0. The third kappa shape index (κ3) is 4.81. The molecule has 1 aromatic heterocycles. The number of nitrogens with two attached hydrogens (primary N) is 1. The molecule has 1 unspecified atom stereocenters. The van der Waals surface area contributed by atoms with Crippen molar-refractivity contribution in [2.75, 3.05) is 6.61 Å². The maximum absolute atomic E-state index is 13.0. The summed E-state index contributed by atoms with van der Waals surface area (Å²) in [5.74, 6) is -1.78. The van der Waals surface area contributed by atoms with Gasteiger partial charge in [0.15, 0.2) is 17.3 Å². The number of aromatic amines is 1. The number of carboxylic acid groups (broad SMARTS) is 1. The molecule has 0 bridgehead atoms. The summed E-state index contributed by atoms with van der Waals surface area (Å²) in [6.45, 7) is 1.91. The van der Waals surface area contributed by atoms with E-state index in [0.29, 0.717) is 0 Å². The molecule has 4 N–H and O–H groups in total. The van der Waals surface area contributed by atoms with Gasteiger partial charge in [-0.25, -0.2) is 4.79 Å². The number of unbranched alkanes of at least 4 members (excludes halogenated alkanes) is 2. The van der Waals surface area contributed by atoms with Crippen LogP contribution in [0.5, 0.6) is 11.5 Å². The fraction of sp³-hybridized carbons (Fsp3) is 0.292. The lowest BCUT2D eigenvalue weighted by Crippen LogP contribution is -2.51. The number of nitrogens with one attached hydrogen (secondary N) is 1. The summed E-state index contributed by atoms with van der Waals surface area (Å²) in [5, 5.41) is 22.9. The van der Waals surface area contributed by atoms with Crippen molar-refractivity contribution in [3.8, 4) is 11.5 Å². The number of tetrazole rings is 1. The average Bonchev–Trinajstić information content (AvgIpc) is 3.39. The number of carboxylic acids is 1. The van der Waals surface area contributed by atoms with E-state index in [2.05, 4.69) is 27.5 Å². The molecule has 0 saturated carbocycles. The molecule has 4 rings (SSSR count). The van der Waals surface area contributed by atoms with Crippen LogP contribution in [0.4, 0.5) is 0 Å². The van der Waals surface area contributed by atoms with Crippen LogP contribution in [0.3, 0.4) is 0 Å². The zero-order valence-electron chi connectivity index (χ0n) is 18.7. The zero-order chi connectivity index (χ0) is 24.1. The number of benzene rings is 2. The Kier molecular flexibility index (Phi) is 6.69. The third-order valence-electron chi connectivity index (χ3n) is 5.52. The topological polar surface area (TPSA) is 153 Å². The Bertz CT molecular complexity index is 1210. The summed E-state index contributed by atoms with van der Waals surface area (Å²) in [6.07, 6.45) is 7.63. The van der Waals surface area contributed by atoms with Crippen LogP contribution in [0.1, 0.15) is 63.9 Å². The predicted molar refractivity (Wildman–Crippen MR) is 123 cm³/mol. The van der Waals surface area contributed by atoms with Crippen LogP contribution in [0.2, 0.25) is 0 Å². The number of rotatable bonds is 9. The summed E-state index contributed by atoms with van der Waals surface area (Å²) >= 11 is 0. The van der Waals surface area contributed by atoms with E-state index in [-0.39, 0.29) is 35.1 Å². The molecule has 2 aromatic carbocycles. The highest BCUT2D eigenvalue weighted by Crippen LogP contribution is 2.42. The van der Waals surface area contributed by atoms with Gasteiger partial charge in [0.1, 0.15) is 12.2 Å². The first-order valence-electron chi connectivity index (χ1n) is 11.0. The maximum atomic E-state index is 13.0. The van der Waals surface area contributed by atoms with Crippen molar-refractivity contribution in [3.05, 3.63) is 70.6 Å². The predicted octanol–water partition coefficient (Wildman–Crippen LogP) is 3.11. The van der Waals surface area contributed by atoms with Gasteiger partial charge in [0.05, 0.1) is 5.56 Å². The molecule has 10 heteroatoms. The first kappa shape index (κ1) is 23.1. The van der Waals surface area contributed by atoms with E-state index in [0.717, 1.165) is 18.4 Å². The minimum atomic E-state index is -1.65. The molecule has 0 saturated heterocycles. The highest BCUT2D eigenvalue weighted by atomic mass is 16.6. The number of fused-ring (bicyclic) bond motifs is 1. The molecule has 0 amide bonds. The summed E-state index contributed by atoms with van der Waals surface area (Å²) < 4.78 is 11.5. The fourth-order valence-electron chi connectivity index (χ4n) is 3.65. The molecule has 2 heterocycles. The highest BCUT2D eigenvalue weighted by Gasteiger charge is 2.42. The van der Waals surface area contributed by atoms with Gasteiger partial charge in [-0.2, -0.15) is 5.21 Å². The molecule has 176 valence electrons. The molecule has 0 radical (unpaired) electrons. The van der Waals surface area contributed by atoms with Gasteiger partial charge in [0, 0.05) is 0 Å². The van der Waals surface area contributed by atoms with Crippen LogP contribution in [0.15, 0.2) is 42.5 Å². The largest absolute Gasteiger partial charge is 0.483 e. The molecule has 34 heavy (non-hydrogen) atoms. The van der Waals surface area contributed by atoms with Gasteiger partial charge in [0.25, 0.3) is 5.72 Å². The van der Waals surface area contributed by atoms with Crippen molar-refractivity contribution in [2.24, 2.45) is 5.73 Å². The number of aromatic nitrogens is 4. The van der Waals surface area contributed by atoms with Gasteiger partial charge >= 0.3 is 5.97 Å². The van der Waals surface area contributed by atoms with Crippen molar-refractivity contribution in [1.29, 1.82) is 0 Å². The second kappa shape index (κ2) is 9.84. The lowest BCUT2D eigenvalue weighted by Gasteiger charge is -2.33. The fourth-order valence-corrected chi connectivity index (χ4v) is 3.65. The van der Waals surface area contributed by atoms with Crippen molar-refractivity contribution in [3.63, 3.8) is 0 Å². The number of allylic oxidation sites excluding steroid dienone is 1. The minimum absolute atomic E-state index is 0.00634. The molecular weight excluding hydrogens is 438 g/mol. The molecule has 3 aromatic rings. The molecular formula is C24H25N5O5. The van der Waals surface area contributed by atoms with Crippen molar-refractivity contribution in [1.82, 2.24) is 20.6 Å². The number of carbonyl (C=O) groups excluding carboxylic acids is 1. The van der Waals surface area contributed by atoms with Gasteiger partial charge in [0.2, 0.25) is 5.82 Å². The average molecular weight is 463 g/mol. The summed E-state index contributed by atoms with van der Waals surface area (Å²) in [5.41, 5.74) is 6.67. The number of ether oxygens (including phenoxy) is 2. The van der Waals surface area contributed by atoms with E-state index >= 15 is 0 Å². The summed E-state index contributed by atoms with van der Waals surface area (Å²) in [6, 6.07) is 10.7. The van der Waals surface area contributed by atoms with Gasteiger partial charge < -0.3 is 14.6 Å². The second-order valence-electron chi connectivity index (χ2n) is 8.04. The monoisotopic (exact) mass is 463 g/mol. The SMILES string of the molecule is CCCCCc1ccc(C=CC(=O)c2ccc(C(=O)O)c3c2OC(N)(c2nn[nH]n2)CO3)cc1. The van der Waals surface area contributed by atoms with Crippen LogP contribution in [0.25, 0.3) is 6.08 Å². The van der Waals surface area contributed by atoms with E-state index in [1.165, 1.54) is 36.6 Å². The molecule has 1 atom stereocenters. The number of nitrogens with zero attached hydrogens (tertiary/aromatic N) is 3. The molecule has 10 nitrogen and oxygen atoms in total. The van der Waals surface area contributed by atoms with Gasteiger partial charge in [-0.15, -0.1) is 10.2 Å². The van der Waals surface area contributed by atoms with E-state index in [1.807, 2.05) is 24.3 Å². The minimum Gasteiger partial charge on any atom is -0.483 e. The number of hydrogen-bond acceptors (Lipinski definition) is 8. The van der Waals surface area contributed by atoms with Crippen LogP contribution < -0.4 is 15.2 Å². The highest BCUT2D eigenvalue weighted by molar-refractivity contribution is 6.10. The lowest BCUT2D eigenvalue weighted by molar-refractivity contribution is -0.0162. The van der Waals surface area contributed by atoms with Crippen LogP contribution >= 0.6 is 0 Å². The van der Waals surface area contributed by atoms with Crippen LogP contribution in [0, 0.1) is 0 Å². The number of H-pyrrole nitrogens is 1. The Morgan fingerprint density at radius 3 is 2.59 bits per heavy atom. The lowest BCUT2D eigenvalue weighted by atomic mass is 10.0. The van der Waals surface area contributed by atoms with Crippen molar-refractivity contribution in [2.45, 2.75) is 38.3 Å². The zero-order valence-corrected chi connectivity index (χ0v) is 18.7. The molecule has 1 aliphatic heterocycles. The van der Waals surface area contributed by atoms with Crippen LogP contribution in [-0.4, -0.2) is 44.1 Å². The van der Waals surface area contributed by atoms with Crippen LogP contribution in [-0.2, 0) is 12.1 Å². The number of ketones is 1. The maximum Gasteiger partial charge on any atom is 0.339 e. The van der Waals surface area contributed by atoms with Crippen molar-refractivity contribution < 1.29 is 24.2 Å². The Morgan fingerprint density at radius 2 is 1.91 bits per heavy atom. The first-order valence-corrected chi connectivity index (χ1v) is 11.0. The molecule has 0 spiro atoms. The summed E-state index contributed by atoms with van der Waals surface area (Å²) in [4.78, 5) is 24.7. The molecule has 1 aliphatic rings. The molecule has 0 aliphatic carbocycles. The Labute approximate surface area is 195 Å². The van der Waals surface area contributed by atoms with Crippen molar-refractivity contribution >= 4 is 17.8 Å². The van der Waals surface area contributed by atoms with E-state index in [9.17, 15) is 14.7 Å². The Balaban J connectivity index is 1.59.